The van der Waals surface area contributed by atoms with Crippen LogP contribution in [-0.4, -0.2) is 41.1 Å². The van der Waals surface area contributed by atoms with E-state index in [1.165, 1.54) is 6.92 Å². The van der Waals surface area contributed by atoms with E-state index >= 15 is 0 Å². The van der Waals surface area contributed by atoms with Crippen molar-refractivity contribution in [2.75, 3.05) is 11.9 Å². The number of hydrogen-bond acceptors (Lipinski definition) is 5. The maximum atomic E-state index is 12.7. The SMILES string of the molecule is CC(C)C(=O)Nc1ccc(C(=O)C(C)OC(=O)c2cccc(CN3CCCC3=O)c2)cc1. The van der Waals surface area contributed by atoms with Gasteiger partial charge in [0.1, 0.15) is 0 Å². The number of carbonyl (C=O) groups excluding carboxylic acids is 4. The summed E-state index contributed by atoms with van der Waals surface area (Å²) in [6.45, 7) is 6.30. The van der Waals surface area contributed by atoms with Crippen molar-refractivity contribution in [2.45, 2.75) is 46.3 Å². The predicted octanol–water partition coefficient (Wildman–Crippen LogP) is 3.83. The second-order valence-corrected chi connectivity index (χ2v) is 8.25. The Morgan fingerprint density at radius 2 is 1.75 bits per heavy atom. The molecule has 0 spiro atoms. The number of ether oxygens (including phenoxy) is 1. The average molecular weight is 437 g/mol. The topological polar surface area (TPSA) is 92.8 Å². The van der Waals surface area contributed by atoms with E-state index in [4.69, 9.17) is 4.74 Å². The first-order chi connectivity index (χ1) is 15.2. The summed E-state index contributed by atoms with van der Waals surface area (Å²) in [4.78, 5) is 50.6. The molecule has 1 heterocycles. The predicted molar refractivity (Wildman–Crippen MR) is 120 cm³/mol. The Morgan fingerprint density at radius 3 is 2.38 bits per heavy atom. The molecule has 1 fully saturated rings. The highest BCUT2D eigenvalue weighted by atomic mass is 16.5. The van der Waals surface area contributed by atoms with Gasteiger partial charge in [-0.25, -0.2) is 4.79 Å². The Bertz CT molecular complexity index is 1010. The number of likely N-dealkylation sites (tertiary alicyclic amines) is 1. The molecule has 1 saturated heterocycles. The number of ketones is 1. The van der Waals surface area contributed by atoms with Crippen LogP contribution in [0.4, 0.5) is 5.69 Å². The number of rotatable bonds is 8. The molecule has 2 aromatic carbocycles. The molecule has 0 bridgehead atoms. The van der Waals surface area contributed by atoms with Gasteiger partial charge in [-0.15, -0.1) is 0 Å². The number of benzene rings is 2. The molecule has 0 aliphatic carbocycles. The summed E-state index contributed by atoms with van der Waals surface area (Å²) in [5, 5.41) is 2.76. The van der Waals surface area contributed by atoms with Crippen LogP contribution in [0, 0.1) is 5.92 Å². The number of anilines is 1. The van der Waals surface area contributed by atoms with E-state index in [1.54, 1.807) is 61.2 Å². The zero-order chi connectivity index (χ0) is 23.3. The molecule has 1 aliphatic heterocycles. The normalized spacial score (nSPS) is 14.4. The van der Waals surface area contributed by atoms with Gasteiger partial charge in [0.2, 0.25) is 17.6 Å². The van der Waals surface area contributed by atoms with Crippen molar-refractivity contribution in [3.8, 4) is 0 Å². The van der Waals surface area contributed by atoms with E-state index in [0.29, 0.717) is 29.8 Å². The minimum Gasteiger partial charge on any atom is -0.451 e. The summed E-state index contributed by atoms with van der Waals surface area (Å²) >= 11 is 0. The summed E-state index contributed by atoms with van der Waals surface area (Å²) in [7, 11) is 0. The van der Waals surface area contributed by atoms with Gasteiger partial charge in [-0.3, -0.25) is 14.4 Å². The molecule has 2 aromatic rings. The van der Waals surface area contributed by atoms with Gasteiger partial charge in [-0.1, -0.05) is 26.0 Å². The van der Waals surface area contributed by atoms with E-state index in [-0.39, 0.29) is 23.5 Å². The van der Waals surface area contributed by atoms with Crippen LogP contribution < -0.4 is 5.32 Å². The van der Waals surface area contributed by atoms with Crippen LogP contribution in [0.5, 0.6) is 0 Å². The summed E-state index contributed by atoms with van der Waals surface area (Å²) in [5.74, 6) is -1.07. The van der Waals surface area contributed by atoms with Gasteiger partial charge >= 0.3 is 5.97 Å². The zero-order valence-electron chi connectivity index (χ0n) is 18.6. The Labute approximate surface area is 187 Å². The van der Waals surface area contributed by atoms with Crippen LogP contribution >= 0.6 is 0 Å². The molecular formula is C25H28N2O5. The van der Waals surface area contributed by atoms with Gasteiger partial charge in [-0.2, -0.15) is 0 Å². The smallest absolute Gasteiger partial charge is 0.338 e. The molecular weight excluding hydrogens is 408 g/mol. The average Bonchev–Trinajstić information content (AvgIpc) is 3.18. The maximum Gasteiger partial charge on any atom is 0.338 e. The quantitative estimate of drug-likeness (QED) is 0.501. The molecule has 0 aromatic heterocycles. The van der Waals surface area contributed by atoms with E-state index in [2.05, 4.69) is 5.32 Å². The van der Waals surface area contributed by atoms with Crippen LogP contribution in [-0.2, 0) is 20.9 Å². The zero-order valence-corrected chi connectivity index (χ0v) is 18.6. The van der Waals surface area contributed by atoms with E-state index < -0.39 is 12.1 Å². The van der Waals surface area contributed by atoms with Gasteiger partial charge in [-0.05, 0) is 55.3 Å². The number of Topliss-reactive ketones (excluding diaryl/α,β-unsaturated/α-hetero) is 1. The maximum absolute atomic E-state index is 12.7. The minimum atomic E-state index is -0.970. The number of amides is 2. The van der Waals surface area contributed by atoms with Crippen molar-refractivity contribution >= 4 is 29.3 Å². The molecule has 32 heavy (non-hydrogen) atoms. The largest absolute Gasteiger partial charge is 0.451 e. The molecule has 1 aliphatic rings. The summed E-state index contributed by atoms with van der Waals surface area (Å²) < 4.78 is 5.39. The van der Waals surface area contributed by atoms with Gasteiger partial charge in [0.25, 0.3) is 0 Å². The van der Waals surface area contributed by atoms with Crippen LogP contribution in [0.3, 0.4) is 0 Å². The van der Waals surface area contributed by atoms with Crippen LogP contribution in [0.25, 0.3) is 0 Å². The summed E-state index contributed by atoms with van der Waals surface area (Å²) in [6.07, 6.45) is 0.444. The molecule has 0 saturated carbocycles. The summed E-state index contributed by atoms with van der Waals surface area (Å²) in [5.41, 5.74) is 2.15. The first kappa shape index (κ1) is 23.2. The van der Waals surface area contributed by atoms with Gasteiger partial charge in [0.15, 0.2) is 6.10 Å². The fourth-order valence-corrected chi connectivity index (χ4v) is 3.41. The summed E-state index contributed by atoms with van der Waals surface area (Å²) in [6, 6.07) is 13.4. The van der Waals surface area contributed by atoms with Crippen molar-refractivity contribution in [2.24, 2.45) is 5.92 Å². The van der Waals surface area contributed by atoms with Crippen molar-refractivity contribution in [1.82, 2.24) is 4.90 Å². The van der Waals surface area contributed by atoms with Crippen molar-refractivity contribution in [3.05, 3.63) is 65.2 Å². The molecule has 1 N–H and O–H groups in total. The van der Waals surface area contributed by atoms with Gasteiger partial charge < -0.3 is 15.0 Å². The Kier molecular flexibility index (Phi) is 7.41. The van der Waals surface area contributed by atoms with Crippen LogP contribution in [0.15, 0.2) is 48.5 Å². The molecule has 1 unspecified atom stereocenters. The number of hydrogen-bond donors (Lipinski definition) is 1. The minimum absolute atomic E-state index is 0.109. The number of nitrogens with zero attached hydrogens (tertiary/aromatic N) is 1. The monoisotopic (exact) mass is 436 g/mol. The lowest BCUT2D eigenvalue weighted by atomic mass is 10.1. The Morgan fingerprint density at radius 1 is 1.03 bits per heavy atom. The molecule has 7 heteroatoms. The molecule has 168 valence electrons. The molecule has 0 radical (unpaired) electrons. The Hall–Kier alpha value is -3.48. The Balaban J connectivity index is 1.60. The second kappa shape index (κ2) is 10.2. The third kappa shape index (κ3) is 5.81. The number of esters is 1. The highest BCUT2D eigenvalue weighted by Crippen LogP contribution is 2.17. The standard InChI is InChI=1S/C25H28N2O5/c1-16(2)24(30)26-21-11-9-19(10-12-21)23(29)17(3)32-25(31)20-7-4-6-18(14-20)15-27-13-5-8-22(27)28/h4,6-7,9-12,14,16-17H,5,8,13,15H2,1-3H3,(H,26,30). The highest BCUT2D eigenvalue weighted by molar-refractivity contribution is 6.02. The lowest BCUT2D eigenvalue weighted by Crippen LogP contribution is -2.25. The molecule has 7 nitrogen and oxygen atoms in total. The first-order valence-electron chi connectivity index (χ1n) is 10.8. The molecule has 1 atom stereocenters. The lowest BCUT2D eigenvalue weighted by molar-refractivity contribution is -0.128. The third-order valence-corrected chi connectivity index (χ3v) is 5.32. The molecule has 3 rings (SSSR count). The molecule has 2 amide bonds. The van der Waals surface area contributed by atoms with E-state index in [9.17, 15) is 19.2 Å². The number of carbonyl (C=O) groups is 4. The first-order valence-corrected chi connectivity index (χ1v) is 10.8. The van der Waals surface area contributed by atoms with E-state index in [1.807, 2.05) is 6.07 Å². The lowest BCUT2D eigenvalue weighted by Gasteiger charge is -2.16. The highest BCUT2D eigenvalue weighted by Gasteiger charge is 2.22. The van der Waals surface area contributed by atoms with Gasteiger partial charge in [0.05, 0.1) is 5.56 Å². The van der Waals surface area contributed by atoms with Crippen molar-refractivity contribution in [3.63, 3.8) is 0 Å². The van der Waals surface area contributed by atoms with Crippen molar-refractivity contribution < 1.29 is 23.9 Å². The third-order valence-electron chi connectivity index (χ3n) is 5.32. The van der Waals surface area contributed by atoms with Gasteiger partial charge in [0, 0.05) is 36.7 Å². The second-order valence-electron chi connectivity index (χ2n) is 8.25. The van der Waals surface area contributed by atoms with Crippen LogP contribution in [0.2, 0.25) is 0 Å². The fraction of sp³-hybridized carbons (Fsp3) is 0.360. The van der Waals surface area contributed by atoms with Crippen LogP contribution in [0.1, 0.15) is 59.9 Å². The number of nitrogens with one attached hydrogen (secondary N) is 1. The van der Waals surface area contributed by atoms with Crippen molar-refractivity contribution in [1.29, 1.82) is 0 Å². The van der Waals surface area contributed by atoms with E-state index in [0.717, 1.165) is 18.5 Å². The fourth-order valence-electron chi connectivity index (χ4n) is 3.41.